The summed E-state index contributed by atoms with van der Waals surface area (Å²) in [5, 5.41) is 0. The first-order chi connectivity index (χ1) is 14.2. The summed E-state index contributed by atoms with van der Waals surface area (Å²) in [6.07, 6.45) is 1.59. The van der Waals surface area contributed by atoms with E-state index in [9.17, 15) is 14.4 Å². The van der Waals surface area contributed by atoms with Crippen LogP contribution >= 0.6 is 0 Å². The molecule has 2 rings (SSSR count). The zero-order chi connectivity index (χ0) is 22.4. The summed E-state index contributed by atoms with van der Waals surface area (Å²) in [5.74, 6) is 0.536. The maximum Gasteiger partial charge on any atom is 0.330 e. The number of likely N-dealkylation sites (N-methyl/N-ethyl adjacent to an activating group) is 1. The number of anilines is 2. The predicted octanol–water partition coefficient (Wildman–Crippen LogP) is 2.78. The Morgan fingerprint density at radius 1 is 1.27 bits per heavy atom. The van der Waals surface area contributed by atoms with Crippen LogP contribution in [-0.2, 0) is 11.3 Å². The Morgan fingerprint density at radius 3 is 2.57 bits per heavy atom. The second-order valence-electron chi connectivity index (χ2n) is 7.60. The van der Waals surface area contributed by atoms with Crippen molar-refractivity contribution in [3.8, 4) is 5.75 Å². The molecule has 0 saturated heterocycles. The fourth-order valence-corrected chi connectivity index (χ4v) is 3.18. The van der Waals surface area contributed by atoms with Crippen molar-refractivity contribution in [3.63, 3.8) is 0 Å². The molecule has 0 fully saturated rings. The van der Waals surface area contributed by atoms with Crippen molar-refractivity contribution in [2.45, 2.75) is 59.9 Å². The molecule has 2 aromatic rings. The molecule has 3 N–H and O–H groups in total. The van der Waals surface area contributed by atoms with Crippen LogP contribution in [0.2, 0.25) is 0 Å². The van der Waals surface area contributed by atoms with Gasteiger partial charge in [0.2, 0.25) is 0 Å². The van der Waals surface area contributed by atoms with Crippen LogP contribution in [0, 0.1) is 6.92 Å². The normalized spacial score (nSPS) is 11.0. The van der Waals surface area contributed by atoms with Gasteiger partial charge in [0.15, 0.2) is 12.3 Å². The Kier molecular flexibility index (Phi) is 7.86. The van der Waals surface area contributed by atoms with Crippen LogP contribution in [0.5, 0.6) is 5.75 Å². The Balaban J connectivity index is 2.30. The van der Waals surface area contributed by atoms with Gasteiger partial charge in [-0.2, -0.15) is 0 Å². The summed E-state index contributed by atoms with van der Waals surface area (Å²) in [6.45, 7) is 10.1. The number of benzene rings is 1. The molecule has 0 saturated carbocycles. The van der Waals surface area contributed by atoms with E-state index >= 15 is 0 Å². The number of unbranched alkanes of at least 4 members (excludes halogenated alkanes) is 1. The van der Waals surface area contributed by atoms with E-state index in [1.54, 1.807) is 6.92 Å². The van der Waals surface area contributed by atoms with Gasteiger partial charge in [-0.15, -0.1) is 0 Å². The minimum absolute atomic E-state index is 0.00890. The van der Waals surface area contributed by atoms with Gasteiger partial charge in [-0.1, -0.05) is 39.3 Å². The summed E-state index contributed by atoms with van der Waals surface area (Å²) in [5.41, 5.74) is 6.89. The second kappa shape index (κ2) is 10.1. The van der Waals surface area contributed by atoms with Crippen LogP contribution in [0.25, 0.3) is 0 Å². The summed E-state index contributed by atoms with van der Waals surface area (Å²) in [6, 6.07) is 5.92. The van der Waals surface area contributed by atoms with E-state index in [0.29, 0.717) is 18.2 Å². The fourth-order valence-electron chi connectivity index (χ4n) is 3.18. The van der Waals surface area contributed by atoms with E-state index < -0.39 is 17.2 Å². The number of nitrogens with one attached hydrogen (secondary N) is 1. The smallest absolute Gasteiger partial charge is 0.330 e. The molecule has 0 unspecified atom stereocenters. The van der Waals surface area contributed by atoms with E-state index in [2.05, 4.69) is 18.8 Å². The molecule has 8 nitrogen and oxygen atoms in total. The largest absolute Gasteiger partial charge is 0.483 e. The first-order valence-electron chi connectivity index (χ1n) is 10.4. The number of nitrogens with two attached hydrogens (primary N) is 1. The highest BCUT2D eigenvalue weighted by Gasteiger charge is 2.23. The zero-order valence-electron chi connectivity index (χ0n) is 18.4. The van der Waals surface area contributed by atoms with Crippen molar-refractivity contribution in [2.24, 2.45) is 0 Å². The van der Waals surface area contributed by atoms with Crippen LogP contribution in [0.15, 0.2) is 27.8 Å². The van der Waals surface area contributed by atoms with Crippen LogP contribution in [0.1, 0.15) is 57.6 Å². The Morgan fingerprint density at radius 2 is 1.97 bits per heavy atom. The minimum Gasteiger partial charge on any atom is -0.483 e. The molecule has 30 heavy (non-hydrogen) atoms. The quantitative estimate of drug-likeness (QED) is 0.653. The maximum absolute atomic E-state index is 12.9. The van der Waals surface area contributed by atoms with E-state index in [0.717, 1.165) is 24.0 Å². The van der Waals surface area contributed by atoms with Gasteiger partial charge in [-0.05, 0) is 43.4 Å². The molecule has 164 valence electrons. The average Bonchev–Trinajstić information content (AvgIpc) is 2.69. The van der Waals surface area contributed by atoms with E-state index in [1.165, 1.54) is 9.47 Å². The number of aromatic amines is 1. The highest BCUT2D eigenvalue weighted by atomic mass is 16.5. The SMILES string of the molecule is CCCCn1c(N)c(N(CC)C(=O)COc2cc(C(C)C)ccc2C)c(=O)[nH]c1=O. The van der Waals surface area contributed by atoms with Gasteiger partial charge in [0.05, 0.1) is 0 Å². The molecule has 1 aromatic heterocycles. The van der Waals surface area contributed by atoms with E-state index in [4.69, 9.17) is 10.5 Å². The van der Waals surface area contributed by atoms with Crippen LogP contribution in [0.4, 0.5) is 11.5 Å². The molecule has 1 amide bonds. The number of nitrogen functional groups attached to an aromatic ring is 1. The Hall–Kier alpha value is -3.03. The molecular weight excluding hydrogens is 384 g/mol. The minimum atomic E-state index is -0.682. The molecular formula is C22H32N4O4. The van der Waals surface area contributed by atoms with Crippen molar-refractivity contribution in [1.82, 2.24) is 9.55 Å². The van der Waals surface area contributed by atoms with Crippen molar-refractivity contribution in [1.29, 1.82) is 0 Å². The average molecular weight is 417 g/mol. The molecule has 0 atom stereocenters. The molecule has 0 spiro atoms. The number of aryl methyl sites for hydroxylation is 1. The number of carbonyl (C=O) groups excluding carboxylic acids is 1. The summed E-state index contributed by atoms with van der Waals surface area (Å²) in [4.78, 5) is 41.0. The van der Waals surface area contributed by atoms with Gasteiger partial charge in [0.25, 0.3) is 11.5 Å². The highest BCUT2D eigenvalue weighted by Crippen LogP contribution is 2.25. The number of rotatable bonds is 9. The summed E-state index contributed by atoms with van der Waals surface area (Å²) < 4.78 is 7.08. The lowest BCUT2D eigenvalue weighted by molar-refractivity contribution is -0.120. The standard InChI is InChI=1S/C22H32N4O4/c1-6-8-11-26-20(23)19(21(28)24-22(26)29)25(7-2)18(27)13-30-17-12-16(14(3)4)10-9-15(17)5/h9-10,12,14H,6-8,11,13,23H2,1-5H3,(H,24,28,29). The highest BCUT2D eigenvalue weighted by molar-refractivity contribution is 5.96. The van der Waals surface area contributed by atoms with Gasteiger partial charge < -0.3 is 15.4 Å². The monoisotopic (exact) mass is 416 g/mol. The summed E-state index contributed by atoms with van der Waals surface area (Å²) >= 11 is 0. The predicted molar refractivity (Wildman–Crippen MR) is 119 cm³/mol. The lowest BCUT2D eigenvalue weighted by Gasteiger charge is -2.23. The summed E-state index contributed by atoms with van der Waals surface area (Å²) in [7, 11) is 0. The molecule has 0 aliphatic carbocycles. The molecule has 0 bridgehead atoms. The van der Waals surface area contributed by atoms with Gasteiger partial charge in [-0.25, -0.2) is 4.79 Å². The lowest BCUT2D eigenvalue weighted by Crippen LogP contribution is -2.42. The molecule has 0 radical (unpaired) electrons. The van der Waals surface area contributed by atoms with Crippen LogP contribution < -0.4 is 26.6 Å². The number of nitrogens with zero attached hydrogens (tertiary/aromatic N) is 2. The third-order valence-electron chi connectivity index (χ3n) is 5.07. The molecule has 1 aromatic carbocycles. The Labute approximate surface area is 176 Å². The number of ether oxygens (including phenoxy) is 1. The van der Waals surface area contributed by atoms with Crippen LogP contribution in [0.3, 0.4) is 0 Å². The molecule has 0 aliphatic rings. The first kappa shape index (κ1) is 23.3. The number of hydrogen-bond donors (Lipinski definition) is 2. The molecule has 0 aliphatic heterocycles. The van der Waals surface area contributed by atoms with Crippen molar-refractivity contribution in [2.75, 3.05) is 23.8 Å². The van der Waals surface area contributed by atoms with Crippen molar-refractivity contribution >= 4 is 17.4 Å². The van der Waals surface area contributed by atoms with Gasteiger partial charge in [0, 0.05) is 13.1 Å². The topological polar surface area (TPSA) is 110 Å². The fraction of sp³-hybridized carbons (Fsp3) is 0.500. The van der Waals surface area contributed by atoms with Gasteiger partial charge in [-0.3, -0.25) is 19.1 Å². The second-order valence-corrected chi connectivity index (χ2v) is 7.60. The first-order valence-corrected chi connectivity index (χ1v) is 10.4. The zero-order valence-corrected chi connectivity index (χ0v) is 18.4. The number of aromatic nitrogens is 2. The lowest BCUT2D eigenvalue weighted by atomic mass is 10.0. The Bertz CT molecular complexity index is 1010. The number of amides is 1. The van der Waals surface area contributed by atoms with Crippen molar-refractivity contribution in [3.05, 3.63) is 50.2 Å². The van der Waals surface area contributed by atoms with Crippen molar-refractivity contribution < 1.29 is 9.53 Å². The van der Waals surface area contributed by atoms with Gasteiger partial charge in [0.1, 0.15) is 11.6 Å². The van der Waals surface area contributed by atoms with E-state index in [-0.39, 0.29) is 24.7 Å². The maximum atomic E-state index is 12.9. The van der Waals surface area contributed by atoms with E-state index in [1.807, 2.05) is 32.0 Å². The molecule has 1 heterocycles. The number of carbonyl (C=O) groups is 1. The third-order valence-corrected chi connectivity index (χ3v) is 5.07. The number of hydrogen-bond acceptors (Lipinski definition) is 5. The van der Waals surface area contributed by atoms with Gasteiger partial charge >= 0.3 is 5.69 Å². The molecule has 8 heteroatoms. The third kappa shape index (κ3) is 5.11. The number of H-pyrrole nitrogens is 1. The van der Waals surface area contributed by atoms with Crippen LogP contribution in [-0.4, -0.2) is 28.6 Å².